The molecule has 0 fully saturated rings. The Morgan fingerprint density at radius 2 is 1.31 bits per heavy atom. The summed E-state index contributed by atoms with van der Waals surface area (Å²) in [4.78, 5) is 29.4. The zero-order chi connectivity index (χ0) is 27.0. The van der Waals surface area contributed by atoms with E-state index in [2.05, 4.69) is 15.6 Å². The predicted octanol–water partition coefficient (Wildman–Crippen LogP) is -0.00938. The summed E-state index contributed by atoms with van der Waals surface area (Å²) in [5.74, 6) is -3.55. The molecule has 0 aromatic heterocycles. The minimum absolute atomic E-state index is 0.0615. The van der Waals surface area contributed by atoms with Crippen LogP contribution in [0.2, 0.25) is 0 Å². The number of benzene rings is 1. The number of rotatable bonds is 13. The fourth-order valence-electron chi connectivity index (χ4n) is 2.74. The van der Waals surface area contributed by atoms with Crippen LogP contribution in [0.15, 0.2) is 17.1 Å². The van der Waals surface area contributed by atoms with Crippen LogP contribution in [-0.2, 0) is 30.4 Å². The van der Waals surface area contributed by atoms with Gasteiger partial charge in [-0.3, -0.25) is 28.2 Å². The van der Waals surface area contributed by atoms with Gasteiger partial charge in [0.15, 0.2) is 0 Å². The van der Waals surface area contributed by atoms with Crippen LogP contribution in [0.1, 0.15) is 46.0 Å². The van der Waals surface area contributed by atoms with Crippen molar-refractivity contribution >= 4 is 53.6 Å². The molecule has 0 radical (unpaired) electrons. The molecule has 14 nitrogen and oxygen atoms in total. The molecule has 35 heavy (non-hydrogen) atoms. The predicted molar refractivity (Wildman–Crippen MR) is 127 cm³/mol. The second-order valence-corrected chi connectivity index (χ2v) is 12.2. The summed E-state index contributed by atoms with van der Waals surface area (Å²) in [6, 6.07) is 2.48. The molecule has 2 amide bonds. The quantitative estimate of drug-likeness (QED) is 0.160. The van der Waals surface area contributed by atoms with Gasteiger partial charge in [0.05, 0.1) is 22.9 Å². The Balaban J connectivity index is 3.27. The van der Waals surface area contributed by atoms with Gasteiger partial charge in [-0.1, -0.05) is 0 Å². The molecule has 0 spiro atoms. The Kier molecular flexibility index (Phi) is 10.9. The molecule has 0 aliphatic rings. The van der Waals surface area contributed by atoms with Gasteiger partial charge in [0.1, 0.15) is 0 Å². The van der Waals surface area contributed by atoms with Crippen molar-refractivity contribution in [1.29, 1.82) is 0 Å². The van der Waals surface area contributed by atoms with E-state index < -0.39 is 72.5 Å². The second-order valence-electron chi connectivity index (χ2n) is 7.49. The molecule has 0 saturated heterocycles. The van der Waals surface area contributed by atoms with Gasteiger partial charge >= 0.3 is 0 Å². The average Bonchev–Trinajstić information content (AvgIpc) is 2.66. The average molecular weight is 558 g/mol. The third-order valence-corrected chi connectivity index (χ3v) is 6.68. The zero-order valence-corrected chi connectivity index (χ0v) is 21.3. The number of hydrogen-bond acceptors (Lipinski definition) is 9. The van der Waals surface area contributed by atoms with E-state index in [9.17, 15) is 34.8 Å². The smallest absolute Gasteiger partial charge is 0.266 e. The van der Waals surface area contributed by atoms with Crippen LogP contribution in [0, 0.1) is 6.92 Å². The summed E-state index contributed by atoms with van der Waals surface area (Å²) < 4.78 is 91.7. The fourth-order valence-corrected chi connectivity index (χ4v) is 3.97. The molecule has 17 heteroatoms. The minimum Gasteiger partial charge on any atom is -0.351 e. The van der Waals surface area contributed by atoms with E-state index >= 15 is 0 Å². The topological polar surface area (TPSA) is 234 Å². The third kappa shape index (κ3) is 12.7. The first-order valence-corrected chi connectivity index (χ1v) is 14.8. The van der Waals surface area contributed by atoms with Crippen LogP contribution in [0.25, 0.3) is 0 Å². The Hall–Kier alpha value is -2.44. The highest BCUT2D eigenvalue weighted by Crippen LogP contribution is 2.26. The molecule has 0 atom stereocenters. The summed E-state index contributed by atoms with van der Waals surface area (Å²) in [7, 11) is -12.8. The summed E-state index contributed by atoms with van der Waals surface area (Å²) >= 11 is 0. The second kappa shape index (κ2) is 12.5. The zero-order valence-electron chi connectivity index (χ0n) is 18.9. The minimum atomic E-state index is -4.33. The standard InChI is InChI=1S/C18H27N3O11S3/c1-12(4-3-7-33(24,25)26)21-16-11-14(17(22)19-5-8-34(27,28)29)10-15(13(16)2)18(23)20-6-9-35(30,31)32/h10-11H,3-9H2,1-2H3,(H,19,22)(H,20,23)(H,24,25,26)(H,27,28,29)(H,30,31,32)/b21-12-. The van der Waals surface area contributed by atoms with Gasteiger partial charge in [-0.15, -0.1) is 0 Å². The van der Waals surface area contributed by atoms with E-state index in [0.717, 1.165) is 0 Å². The first-order chi connectivity index (χ1) is 15.9. The monoisotopic (exact) mass is 557 g/mol. The normalized spacial score (nSPS) is 12.9. The van der Waals surface area contributed by atoms with Crippen LogP contribution in [0.5, 0.6) is 0 Å². The molecule has 1 aromatic rings. The maximum atomic E-state index is 12.6. The third-order valence-electron chi connectivity index (χ3n) is 4.43. The SMILES string of the molecule is C/C(CCCS(=O)(=O)O)=N/c1cc(C(=O)NCCS(=O)(=O)O)cc(C(=O)NCCS(=O)(=O)O)c1C. The Bertz CT molecular complexity index is 1300. The van der Waals surface area contributed by atoms with E-state index in [1.165, 1.54) is 19.1 Å². The van der Waals surface area contributed by atoms with Crippen LogP contribution in [-0.4, -0.2) is 86.8 Å². The maximum absolute atomic E-state index is 12.6. The molecular weight excluding hydrogens is 530 g/mol. The van der Waals surface area contributed by atoms with E-state index in [1.54, 1.807) is 6.92 Å². The number of nitrogens with zero attached hydrogens (tertiary/aromatic N) is 1. The largest absolute Gasteiger partial charge is 0.351 e. The van der Waals surface area contributed by atoms with E-state index in [-0.39, 0.29) is 35.2 Å². The summed E-state index contributed by atoms with van der Waals surface area (Å²) in [5, 5.41) is 4.56. The van der Waals surface area contributed by atoms with Crippen molar-refractivity contribution in [3.63, 3.8) is 0 Å². The first kappa shape index (κ1) is 30.6. The molecule has 0 aliphatic heterocycles. The van der Waals surface area contributed by atoms with Crippen molar-refractivity contribution in [1.82, 2.24) is 10.6 Å². The van der Waals surface area contributed by atoms with E-state index in [0.29, 0.717) is 5.71 Å². The van der Waals surface area contributed by atoms with E-state index in [1.807, 2.05) is 0 Å². The van der Waals surface area contributed by atoms with Crippen LogP contribution in [0.4, 0.5) is 5.69 Å². The van der Waals surface area contributed by atoms with Crippen LogP contribution in [0.3, 0.4) is 0 Å². The molecule has 1 aromatic carbocycles. The van der Waals surface area contributed by atoms with Gasteiger partial charge in [-0.2, -0.15) is 25.3 Å². The van der Waals surface area contributed by atoms with Gasteiger partial charge in [0.2, 0.25) is 0 Å². The molecular formula is C18H27N3O11S3. The lowest BCUT2D eigenvalue weighted by Crippen LogP contribution is -2.31. The van der Waals surface area contributed by atoms with E-state index in [4.69, 9.17) is 13.7 Å². The molecule has 0 bridgehead atoms. The van der Waals surface area contributed by atoms with Crippen LogP contribution >= 0.6 is 0 Å². The lowest BCUT2D eigenvalue weighted by atomic mass is 10.0. The van der Waals surface area contributed by atoms with Crippen molar-refractivity contribution in [2.75, 3.05) is 30.3 Å². The molecule has 0 unspecified atom stereocenters. The molecule has 0 saturated carbocycles. The lowest BCUT2D eigenvalue weighted by Gasteiger charge is -2.13. The number of carbonyl (C=O) groups is 2. The molecule has 198 valence electrons. The van der Waals surface area contributed by atoms with Crippen molar-refractivity contribution in [3.8, 4) is 0 Å². The highest BCUT2D eigenvalue weighted by molar-refractivity contribution is 7.86. The molecule has 1 rings (SSSR count). The summed E-state index contributed by atoms with van der Waals surface area (Å²) in [6.45, 7) is 2.22. The van der Waals surface area contributed by atoms with Crippen molar-refractivity contribution in [2.24, 2.45) is 4.99 Å². The van der Waals surface area contributed by atoms with Crippen LogP contribution < -0.4 is 10.6 Å². The number of hydrogen-bond donors (Lipinski definition) is 5. The summed E-state index contributed by atoms with van der Waals surface area (Å²) in [5.41, 5.74) is 0.690. The Labute approximate surface area is 203 Å². The number of carbonyl (C=O) groups excluding carboxylic acids is 2. The lowest BCUT2D eigenvalue weighted by molar-refractivity contribution is 0.0954. The van der Waals surface area contributed by atoms with Gasteiger partial charge in [0.25, 0.3) is 42.2 Å². The van der Waals surface area contributed by atoms with Gasteiger partial charge in [-0.05, 0) is 44.4 Å². The first-order valence-electron chi connectivity index (χ1n) is 9.98. The Morgan fingerprint density at radius 1 is 0.829 bits per heavy atom. The highest BCUT2D eigenvalue weighted by Gasteiger charge is 2.18. The number of aliphatic imine (C=N–C) groups is 1. The van der Waals surface area contributed by atoms with Crippen molar-refractivity contribution in [3.05, 3.63) is 28.8 Å². The Morgan fingerprint density at radius 3 is 1.80 bits per heavy atom. The summed E-state index contributed by atoms with van der Waals surface area (Å²) in [6.07, 6.45) is 0.228. The van der Waals surface area contributed by atoms with Gasteiger partial charge < -0.3 is 10.6 Å². The molecule has 5 N–H and O–H groups in total. The maximum Gasteiger partial charge on any atom is 0.266 e. The van der Waals surface area contributed by atoms with Gasteiger partial charge in [0, 0.05) is 29.9 Å². The van der Waals surface area contributed by atoms with Crippen molar-refractivity contribution < 1.29 is 48.5 Å². The van der Waals surface area contributed by atoms with Crippen molar-refractivity contribution in [2.45, 2.75) is 26.7 Å². The number of amides is 2. The highest BCUT2D eigenvalue weighted by atomic mass is 32.2. The molecule has 0 heterocycles. The fraction of sp³-hybridized carbons (Fsp3) is 0.500. The van der Waals surface area contributed by atoms with Gasteiger partial charge in [-0.25, -0.2) is 0 Å². The number of nitrogens with one attached hydrogen (secondary N) is 2. The molecule has 0 aliphatic carbocycles.